The van der Waals surface area contributed by atoms with Crippen LogP contribution >= 0.6 is 23.2 Å². The molecule has 1 aliphatic heterocycles. The molecule has 0 unspecified atom stereocenters. The van der Waals surface area contributed by atoms with Gasteiger partial charge >= 0.3 is 0 Å². The lowest BCUT2D eigenvalue weighted by atomic mass is 10.1. The highest BCUT2D eigenvalue weighted by molar-refractivity contribution is 6.42. The number of hydrogen-bond acceptors (Lipinski definition) is 7. The normalized spacial score (nSPS) is 21.5. The van der Waals surface area contributed by atoms with Gasteiger partial charge in [0.2, 0.25) is 0 Å². The highest BCUT2D eigenvalue weighted by atomic mass is 35.5. The van der Waals surface area contributed by atoms with Crippen molar-refractivity contribution in [3.8, 4) is 11.5 Å². The van der Waals surface area contributed by atoms with E-state index in [4.69, 9.17) is 37.4 Å². The highest BCUT2D eigenvalue weighted by Gasteiger charge is 2.29. The lowest BCUT2D eigenvalue weighted by Crippen LogP contribution is -2.52. The Morgan fingerprint density at radius 3 is 2.66 bits per heavy atom. The zero-order valence-electron chi connectivity index (χ0n) is 18.4. The predicted molar refractivity (Wildman–Crippen MR) is 128 cm³/mol. The van der Waals surface area contributed by atoms with Gasteiger partial charge in [-0.05, 0) is 45.2 Å². The number of nitrogens with zero attached hydrogens (tertiary/aromatic N) is 3. The number of nitrogens with one attached hydrogen (secondary N) is 1. The van der Waals surface area contributed by atoms with Crippen LogP contribution in [0, 0.1) is 0 Å². The van der Waals surface area contributed by atoms with Crippen LogP contribution in [0.15, 0.2) is 36.7 Å². The van der Waals surface area contributed by atoms with Crippen molar-refractivity contribution < 1.29 is 14.2 Å². The number of anilines is 2. The summed E-state index contributed by atoms with van der Waals surface area (Å²) in [7, 11) is 3.71. The molecular formula is C23H26Cl2N4O3. The number of rotatable bonds is 6. The van der Waals surface area contributed by atoms with Crippen molar-refractivity contribution in [2.75, 3.05) is 32.6 Å². The molecule has 1 fully saturated rings. The van der Waals surface area contributed by atoms with E-state index in [1.807, 2.05) is 18.2 Å². The van der Waals surface area contributed by atoms with Crippen molar-refractivity contribution in [3.63, 3.8) is 0 Å². The number of ether oxygens (including phenoxy) is 3. The molecule has 0 spiro atoms. The van der Waals surface area contributed by atoms with Gasteiger partial charge in [0, 0.05) is 29.7 Å². The summed E-state index contributed by atoms with van der Waals surface area (Å²) >= 11 is 12.2. The van der Waals surface area contributed by atoms with Gasteiger partial charge in [-0.2, -0.15) is 0 Å². The Morgan fingerprint density at radius 1 is 1.12 bits per heavy atom. The van der Waals surface area contributed by atoms with E-state index in [0.29, 0.717) is 40.0 Å². The molecule has 32 heavy (non-hydrogen) atoms. The molecule has 1 N–H and O–H groups in total. The summed E-state index contributed by atoms with van der Waals surface area (Å²) in [5.41, 5.74) is 1.49. The third-order valence-corrected chi connectivity index (χ3v) is 6.54. The minimum atomic E-state index is -0.0242. The van der Waals surface area contributed by atoms with Crippen LogP contribution in [-0.2, 0) is 4.74 Å². The summed E-state index contributed by atoms with van der Waals surface area (Å²) in [4.78, 5) is 11.1. The summed E-state index contributed by atoms with van der Waals surface area (Å²) < 4.78 is 17.8. The van der Waals surface area contributed by atoms with Gasteiger partial charge in [0.25, 0.3) is 0 Å². The first-order valence-corrected chi connectivity index (χ1v) is 11.1. The zero-order valence-corrected chi connectivity index (χ0v) is 19.9. The van der Waals surface area contributed by atoms with E-state index in [2.05, 4.69) is 41.1 Å². The molecule has 0 aliphatic carbocycles. The van der Waals surface area contributed by atoms with Crippen molar-refractivity contribution in [1.82, 2.24) is 14.9 Å². The number of aromatic nitrogens is 2. The Labute approximate surface area is 197 Å². The van der Waals surface area contributed by atoms with E-state index < -0.39 is 0 Å². The smallest absolute Gasteiger partial charge is 0.163 e. The van der Waals surface area contributed by atoms with Gasteiger partial charge in [-0.15, -0.1) is 0 Å². The topological polar surface area (TPSA) is 68.7 Å². The first-order chi connectivity index (χ1) is 15.4. The average molecular weight is 477 g/mol. The molecule has 0 saturated carbocycles. The number of likely N-dealkylation sites (N-methyl/N-ethyl adjacent to an activating group) is 1. The van der Waals surface area contributed by atoms with Crippen LogP contribution in [0.1, 0.15) is 13.8 Å². The second-order valence-corrected chi connectivity index (χ2v) is 8.77. The maximum atomic E-state index is 6.14. The molecule has 0 bridgehead atoms. The van der Waals surface area contributed by atoms with Gasteiger partial charge in [-0.25, -0.2) is 9.97 Å². The molecule has 4 rings (SSSR count). The van der Waals surface area contributed by atoms with Crippen LogP contribution in [0.3, 0.4) is 0 Å². The second kappa shape index (κ2) is 9.67. The van der Waals surface area contributed by atoms with Crippen LogP contribution < -0.4 is 14.8 Å². The number of benzene rings is 2. The summed E-state index contributed by atoms with van der Waals surface area (Å²) in [6.45, 7) is 5.48. The largest absolute Gasteiger partial charge is 0.493 e. The first kappa shape index (κ1) is 22.9. The average Bonchev–Trinajstić information content (AvgIpc) is 2.78. The summed E-state index contributed by atoms with van der Waals surface area (Å²) in [5, 5.41) is 5.01. The number of hydrogen-bond donors (Lipinski definition) is 1. The fourth-order valence-electron chi connectivity index (χ4n) is 3.73. The van der Waals surface area contributed by atoms with E-state index in [-0.39, 0.29) is 12.2 Å². The minimum absolute atomic E-state index is 0.0242. The molecule has 1 aromatic heterocycles. The Balaban J connectivity index is 1.57. The quantitative estimate of drug-likeness (QED) is 0.525. The number of halogens is 2. The Kier molecular flexibility index (Phi) is 6.90. The van der Waals surface area contributed by atoms with Gasteiger partial charge in [0.15, 0.2) is 11.5 Å². The summed E-state index contributed by atoms with van der Waals surface area (Å²) in [6.07, 6.45) is 1.62. The van der Waals surface area contributed by atoms with Crippen LogP contribution in [0.2, 0.25) is 10.0 Å². The minimum Gasteiger partial charge on any atom is -0.493 e. The van der Waals surface area contributed by atoms with Crippen LogP contribution in [0.5, 0.6) is 11.5 Å². The van der Waals surface area contributed by atoms with Crippen LogP contribution in [0.25, 0.3) is 10.9 Å². The van der Waals surface area contributed by atoms with Crippen LogP contribution in [0.4, 0.5) is 11.5 Å². The Hall–Kier alpha value is -2.32. The highest BCUT2D eigenvalue weighted by Crippen LogP contribution is 2.35. The molecule has 3 atom stereocenters. The van der Waals surface area contributed by atoms with E-state index in [0.717, 1.165) is 23.1 Å². The van der Waals surface area contributed by atoms with E-state index in [1.54, 1.807) is 19.2 Å². The molecule has 3 aromatic rings. The van der Waals surface area contributed by atoms with Crippen molar-refractivity contribution in [2.24, 2.45) is 0 Å². The predicted octanol–water partition coefficient (Wildman–Crippen LogP) is 5.18. The zero-order chi connectivity index (χ0) is 22.8. The SMILES string of the molecule is COc1cc2c(Nc3ccc(Cl)c(Cl)c3)ncnc2cc1OC[C@H]1CN(C)[C@@H](C)[C@H](C)O1. The molecule has 7 nitrogen and oxygen atoms in total. The number of morpholine rings is 1. The molecule has 1 saturated heterocycles. The Bertz CT molecular complexity index is 1100. The lowest BCUT2D eigenvalue weighted by molar-refractivity contribution is -0.111. The lowest BCUT2D eigenvalue weighted by Gasteiger charge is -2.39. The van der Waals surface area contributed by atoms with E-state index >= 15 is 0 Å². The van der Waals surface area contributed by atoms with E-state index in [1.165, 1.54) is 6.33 Å². The second-order valence-electron chi connectivity index (χ2n) is 7.95. The van der Waals surface area contributed by atoms with Gasteiger partial charge < -0.3 is 19.5 Å². The van der Waals surface area contributed by atoms with Gasteiger partial charge in [-0.1, -0.05) is 23.2 Å². The molecule has 9 heteroatoms. The van der Waals surface area contributed by atoms with Crippen molar-refractivity contribution in [3.05, 3.63) is 46.7 Å². The third kappa shape index (κ3) is 4.86. The van der Waals surface area contributed by atoms with Crippen LogP contribution in [-0.4, -0.2) is 60.4 Å². The van der Waals surface area contributed by atoms with Gasteiger partial charge in [0.1, 0.15) is 24.9 Å². The molecular weight excluding hydrogens is 451 g/mol. The third-order valence-electron chi connectivity index (χ3n) is 5.80. The fourth-order valence-corrected chi connectivity index (χ4v) is 4.03. The summed E-state index contributed by atoms with van der Waals surface area (Å²) in [5.74, 6) is 1.82. The van der Waals surface area contributed by atoms with Gasteiger partial charge in [0.05, 0.1) is 28.8 Å². The maximum Gasteiger partial charge on any atom is 0.163 e. The number of methoxy groups -OCH3 is 1. The van der Waals surface area contributed by atoms with E-state index in [9.17, 15) is 0 Å². The number of fused-ring (bicyclic) bond motifs is 1. The molecule has 1 aliphatic rings. The van der Waals surface area contributed by atoms with Gasteiger partial charge in [-0.3, -0.25) is 4.90 Å². The first-order valence-electron chi connectivity index (χ1n) is 10.4. The molecule has 0 radical (unpaired) electrons. The molecule has 2 heterocycles. The summed E-state index contributed by atoms with van der Waals surface area (Å²) in [6, 6.07) is 9.40. The molecule has 0 amide bonds. The van der Waals surface area contributed by atoms with Crippen molar-refractivity contribution >= 4 is 45.6 Å². The van der Waals surface area contributed by atoms with Crippen molar-refractivity contribution in [1.29, 1.82) is 0 Å². The van der Waals surface area contributed by atoms with Crippen molar-refractivity contribution in [2.45, 2.75) is 32.1 Å². The maximum absolute atomic E-state index is 6.14. The standard InChI is InChI=1S/C23H26Cl2N4O3/c1-13-14(2)32-16(10-29(13)3)11-31-22-9-20-17(8-21(22)30-4)23(27-12-26-20)28-15-5-6-18(24)19(25)7-15/h5-9,12-14,16H,10-11H2,1-4H3,(H,26,27,28)/t13-,14-,16+/m0/s1. The Morgan fingerprint density at radius 2 is 1.94 bits per heavy atom. The molecule has 2 aromatic carbocycles. The fraction of sp³-hybridized carbons (Fsp3) is 0.391. The molecule has 170 valence electrons. The monoisotopic (exact) mass is 476 g/mol.